The number of nitrogens with one attached hydrogen (secondary N) is 3. The zero-order chi connectivity index (χ0) is 22.1. The van der Waals surface area contributed by atoms with Crippen LogP contribution in [0.2, 0.25) is 0 Å². The van der Waals surface area contributed by atoms with E-state index in [9.17, 15) is 4.79 Å². The van der Waals surface area contributed by atoms with Gasteiger partial charge in [-0.1, -0.05) is 48.5 Å². The first kappa shape index (κ1) is 19.9. The summed E-state index contributed by atoms with van der Waals surface area (Å²) in [5.41, 5.74) is 6.39. The highest BCUT2D eigenvalue weighted by Gasteiger charge is 2.51. The van der Waals surface area contributed by atoms with Crippen molar-refractivity contribution in [3.05, 3.63) is 83.7 Å². The van der Waals surface area contributed by atoms with Gasteiger partial charge in [0.2, 0.25) is 5.95 Å². The van der Waals surface area contributed by atoms with Crippen molar-refractivity contribution in [1.82, 2.24) is 25.5 Å². The summed E-state index contributed by atoms with van der Waals surface area (Å²) in [4.78, 5) is 20.0. The van der Waals surface area contributed by atoms with Gasteiger partial charge in [-0.25, -0.2) is 0 Å². The number of amides is 1. The van der Waals surface area contributed by atoms with Gasteiger partial charge in [-0.2, -0.15) is 4.98 Å². The highest BCUT2D eigenvalue weighted by molar-refractivity contribution is 6.00. The highest BCUT2D eigenvalue weighted by Crippen LogP contribution is 2.50. The molecule has 3 N–H and O–H groups in total. The second kappa shape index (κ2) is 7.92. The van der Waals surface area contributed by atoms with Crippen LogP contribution in [0.3, 0.4) is 0 Å². The highest BCUT2D eigenvalue weighted by atomic mass is 16.2. The van der Waals surface area contributed by atoms with Gasteiger partial charge in [0.1, 0.15) is 0 Å². The number of benzene rings is 2. The minimum absolute atomic E-state index is 0.0493. The maximum absolute atomic E-state index is 11.4. The van der Waals surface area contributed by atoms with Gasteiger partial charge in [0.15, 0.2) is 5.82 Å². The Hall–Kier alpha value is -4.00. The Balaban J connectivity index is 0.000000152. The van der Waals surface area contributed by atoms with Gasteiger partial charge in [-0.3, -0.25) is 14.9 Å². The largest absolute Gasteiger partial charge is 0.356 e. The van der Waals surface area contributed by atoms with Crippen molar-refractivity contribution in [2.75, 3.05) is 12.4 Å². The van der Waals surface area contributed by atoms with Gasteiger partial charge in [0.05, 0.1) is 5.54 Å². The third-order valence-electron chi connectivity index (χ3n) is 5.90. The lowest BCUT2D eigenvalue weighted by molar-refractivity contribution is 0.0952. The van der Waals surface area contributed by atoms with Crippen LogP contribution in [-0.2, 0) is 5.54 Å². The standard InChI is InChI=1S/C15H15N5.C10H9NO/c1-10-3-4-13(9-17-10)11-5-7-12(8-6-11)14-18-15(16-2)20-19-14;12-9-7-3-1-2-4-8(7)10(11-9)5-6-10/h3-9H,1-2H3,(H2,16,18,19,20);1-4H,5-6H2,(H,11,12). The summed E-state index contributed by atoms with van der Waals surface area (Å²) in [6.45, 7) is 1.98. The predicted molar refractivity (Wildman–Crippen MR) is 124 cm³/mol. The smallest absolute Gasteiger partial charge is 0.252 e. The van der Waals surface area contributed by atoms with E-state index in [4.69, 9.17) is 0 Å². The topological polar surface area (TPSA) is 95.6 Å². The molecule has 7 heteroatoms. The molecular formula is C25H24N6O. The van der Waals surface area contributed by atoms with E-state index < -0.39 is 0 Å². The van der Waals surface area contributed by atoms with Gasteiger partial charge in [-0.15, -0.1) is 5.10 Å². The first-order valence-electron chi connectivity index (χ1n) is 10.6. The first-order valence-corrected chi connectivity index (χ1v) is 10.6. The normalized spacial score (nSPS) is 14.9. The van der Waals surface area contributed by atoms with E-state index in [1.54, 1.807) is 7.05 Å². The molecule has 1 saturated carbocycles. The summed E-state index contributed by atoms with van der Waals surface area (Å²) >= 11 is 0. The minimum Gasteiger partial charge on any atom is -0.356 e. The van der Waals surface area contributed by atoms with Crippen LogP contribution in [0, 0.1) is 6.92 Å². The molecule has 0 bridgehead atoms. The SMILES string of the molecule is CNc1n[nH]c(-c2ccc(-c3ccc(C)nc3)cc2)n1.O=C1NC2(CC2)c2ccccc21. The van der Waals surface area contributed by atoms with Crippen LogP contribution in [0.15, 0.2) is 66.9 Å². The number of anilines is 1. The minimum atomic E-state index is 0.0493. The molecule has 160 valence electrons. The molecule has 1 spiro atoms. The maximum atomic E-state index is 11.4. The van der Waals surface area contributed by atoms with Crippen molar-refractivity contribution in [1.29, 1.82) is 0 Å². The molecule has 1 aliphatic heterocycles. The van der Waals surface area contributed by atoms with Crippen molar-refractivity contribution in [3.8, 4) is 22.5 Å². The number of aromatic nitrogens is 4. The number of fused-ring (bicyclic) bond motifs is 2. The summed E-state index contributed by atoms with van der Waals surface area (Å²) in [7, 11) is 1.79. The summed E-state index contributed by atoms with van der Waals surface area (Å²) in [5.74, 6) is 1.44. The molecule has 0 saturated heterocycles. The first-order chi connectivity index (χ1) is 15.6. The van der Waals surface area contributed by atoms with Crippen molar-refractivity contribution >= 4 is 11.9 Å². The molecule has 1 fully saturated rings. The summed E-state index contributed by atoms with van der Waals surface area (Å²) in [6, 6.07) is 20.1. The number of hydrogen-bond donors (Lipinski definition) is 3. The fourth-order valence-corrected chi connectivity index (χ4v) is 3.93. The Labute approximate surface area is 186 Å². The van der Waals surface area contributed by atoms with Crippen LogP contribution in [0.4, 0.5) is 5.95 Å². The molecule has 1 amide bonds. The third-order valence-corrected chi connectivity index (χ3v) is 5.90. The monoisotopic (exact) mass is 424 g/mol. The van der Waals surface area contributed by atoms with E-state index in [1.165, 1.54) is 5.56 Å². The number of carbonyl (C=O) groups excluding carboxylic acids is 1. The number of hydrogen-bond acceptors (Lipinski definition) is 5. The molecular weight excluding hydrogens is 400 g/mol. The average molecular weight is 425 g/mol. The molecule has 2 aromatic heterocycles. The van der Waals surface area contributed by atoms with Crippen molar-refractivity contribution in [3.63, 3.8) is 0 Å². The molecule has 0 radical (unpaired) electrons. The summed E-state index contributed by atoms with van der Waals surface area (Å²) in [6.07, 6.45) is 4.10. The second-order valence-corrected chi connectivity index (χ2v) is 8.11. The van der Waals surface area contributed by atoms with Crippen LogP contribution in [0.1, 0.15) is 34.5 Å². The van der Waals surface area contributed by atoms with Gasteiger partial charge < -0.3 is 10.6 Å². The van der Waals surface area contributed by atoms with Crippen LogP contribution in [0.25, 0.3) is 22.5 Å². The number of nitrogens with zero attached hydrogens (tertiary/aromatic N) is 3. The van der Waals surface area contributed by atoms with E-state index in [0.29, 0.717) is 5.95 Å². The summed E-state index contributed by atoms with van der Waals surface area (Å²) < 4.78 is 0. The molecule has 32 heavy (non-hydrogen) atoms. The zero-order valence-corrected chi connectivity index (χ0v) is 18.0. The van der Waals surface area contributed by atoms with Crippen LogP contribution in [-0.4, -0.2) is 33.1 Å². The number of H-pyrrole nitrogens is 1. The van der Waals surface area contributed by atoms with Gasteiger partial charge in [0.25, 0.3) is 5.91 Å². The Kier molecular flexibility index (Phi) is 4.93. The number of carbonyl (C=O) groups is 1. The van der Waals surface area contributed by atoms with Crippen molar-refractivity contribution in [2.45, 2.75) is 25.3 Å². The molecule has 1 aliphatic carbocycles. The van der Waals surface area contributed by atoms with Gasteiger partial charge in [-0.05, 0) is 43.0 Å². The molecule has 6 rings (SSSR count). The molecule has 7 nitrogen and oxygen atoms in total. The van der Waals surface area contributed by atoms with Gasteiger partial charge in [0, 0.05) is 35.6 Å². The van der Waals surface area contributed by atoms with Crippen LogP contribution < -0.4 is 10.6 Å². The molecule has 2 aliphatic rings. The van der Waals surface area contributed by atoms with E-state index in [2.05, 4.69) is 55.1 Å². The number of aromatic amines is 1. The molecule has 0 atom stereocenters. The number of rotatable bonds is 3. The zero-order valence-electron chi connectivity index (χ0n) is 18.0. The Morgan fingerprint density at radius 3 is 2.31 bits per heavy atom. The molecule has 2 aromatic carbocycles. The molecule has 0 unspecified atom stereocenters. The number of pyridine rings is 1. The van der Waals surface area contributed by atoms with E-state index in [-0.39, 0.29) is 11.4 Å². The van der Waals surface area contributed by atoms with E-state index in [1.807, 2.05) is 49.5 Å². The van der Waals surface area contributed by atoms with Crippen molar-refractivity contribution < 1.29 is 4.79 Å². The van der Waals surface area contributed by atoms with E-state index in [0.717, 1.165) is 46.6 Å². The molecule has 4 aromatic rings. The molecule has 3 heterocycles. The third kappa shape index (κ3) is 3.73. The van der Waals surface area contributed by atoms with Gasteiger partial charge >= 0.3 is 0 Å². The number of aryl methyl sites for hydroxylation is 1. The maximum Gasteiger partial charge on any atom is 0.252 e. The summed E-state index contributed by atoms with van der Waals surface area (Å²) in [5, 5.41) is 12.9. The fraction of sp³-hybridized carbons (Fsp3) is 0.200. The quantitative estimate of drug-likeness (QED) is 0.456. The lowest BCUT2D eigenvalue weighted by atomic mass is 10.0. The van der Waals surface area contributed by atoms with Crippen LogP contribution >= 0.6 is 0 Å². The average Bonchev–Trinajstić information content (AvgIpc) is 3.34. The lowest BCUT2D eigenvalue weighted by Crippen LogP contribution is -2.25. The second-order valence-electron chi connectivity index (χ2n) is 8.11. The Bertz CT molecular complexity index is 1260. The van der Waals surface area contributed by atoms with E-state index >= 15 is 0 Å². The predicted octanol–water partition coefficient (Wildman–Crippen LogP) is 4.30. The Morgan fingerprint density at radius 2 is 1.66 bits per heavy atom. The Morgan fingerprint density at radius 1 is 0.938 bits per heavy atom. The van der Waals surface area contributed by atoms with Crippen LogP contribution in [0.5, 0.6) is 0 Å². The van der Waals surface area contributed by atoms with Crippen molar-refractivity contribution in [2.24, 2.45) is 0 Å². The lowest BCUT2D eigenvalue weighted by Gasteiger charge is -2.06. The fourth-order valence-electron chi connectivity index (χ4n) is 3.93.